The highest BCUT2D eigenvalue weighted by Gasteiger charge is 2.53. The maximum atomic E-state index is 11.9. The molecule has 2 rings (SSSR count). The van der Waals surface area contributed by atoms with Crippen LogP contribution < -0.4 is 9.47 Å². The zero-order valence-corrected chi connectivity index (χ0v) is 20.7. The summed E-state index contributed by atoms with van der Waals surface area (Å²) in [4.78, 5) is 57.1. The third-order valence-electron chi connectivity index (χ3n) is 4.77. The summed E-state index contributed by atoms with van der Waals surface area (Å²) in [5.74, 6) is -2.79. The molecule has 5 atom stereocenters. The second kappa shape index (κ2) is 13.2. The van der Waals surface area contributed by atoms with Gasteiger partial charge in [-0.25, -0.2) is 0 Å². The van der Waals surface area contributed by atoms with E-state index < -0.39 is 66.1 Å². The molecule has 1 aliphatic rings. The summed E-state index contributed by atoms with van der Waals surface area (Å²) in [7, 11) is 1.33. The lowest BCUT2D eigenvalue weighted by Crippen LogP contribution is -2.63. The van der Waals surface area contributed by atoms with Crippen LogP contribution in [0.4, 0.5) is 0 Å². The van der Waals surface area contributed by atoms with Crippen molar-refractivity contribution in [1.82, 2.24) is 0 Å². The highest BCUT2D eigenvalue weighted by Crippen LogP contribution is 2.35. The minimum atomic E-state index is -1.46. The first kappa shape index (κ1) is 29.0. The van der Waals surface area contributed by atoms with Crippen LogP contribution in [0.2, 0.25) is 0 Å². The van der Waals surface area contributed by atoms with Crippen LogP contribution in [0, 0.1) is 10.1 Å². The first-order chi connectivity index (χ1) is 17.4. The lowest BCUT2D eigenvalue weighted by atomic mass is 9.98. The maximum absolute atomic E-state index is 11.9. The molecule has 37 heavy (non-hydrogen) atoms. The second-order valence-electron chi connectivity index (χ2n) is 7.70. The van der Waals surface area contributed by atoms with E-state index in [4.69, 9.17) is 33.2 Å². The van der Waals surface area contributed by atoms with Gasteiger partial charge < -0.3 is 33.2 Å². The van der Waals surface area contributed by atoms with E-state index in [1.165, 1.54) is 31.4 Å². The molecule has 1 aliphatic heterocycles. The number of methoxy groups -OCH3 is 1. The molecule has 202 valence electrons. The summed E-state index contributed by atoms with van der Waals surface area (Å²) in [6.45, 7) is 4.05. The number of nitrogens with zero attached hydrogens (tertiary/aromatic N) is 1. The third kappa shape index (κ3) is 8.75. The van der Waals surface area contributed by atoms with Gasteiger partial charge in [-0.2, -0.15) is 0 Å². The van der Waals surface area contributed by atoms with Crippen molar-refractivity contribution in [3.05, 3.63) is 40.1 Å². The van der Waals surface area contributed by atoms with Crippen molar-refractivity contribution in [2.45, 2.75) is 58.4 Å². The van der Waals surface area contributed by atoms with E-state index in [9.17, 15) is 29.3 Å². The molecule has 1 aromatic carbocycles. The average molecular weight is 525 g/mol. The lowest BCUT2D eigenvalue weighted by Gasteiger charge is -2.44. The lowest BCUT2D eigenvalue weighted by molar-refractivity contribution is -0.400. The molecular formula is C23H27NO13. The Kier molecular flexibility index (Phi) is 10.4. The van der Waals surface area contributed by atoms with Gasteiger partial charge >= 0.3 is 23.9 Å². The molecule has 1 heterocycles. The van der Waals surface area contributed by atoms with Crippen molar-refractivity contribution in [3.8, 4) is 11.5 Å². The van der Waals surface area contributed by atoms with Gasteiger partial charge in [0.1, 0.15) is 12.7 Å². The van der Waals surface area contributed by atoms with Crippen molar-refractivity contribution < 1.29 is 57.3 Å². The number of benzene rings is 1. The number of nitro groups is 1. The summed E-state index contributed by atoms with van der Waals surface area (Å²) in [6, 6.07) is 4.36. The van der Waals surface area contributed by atoms with Gasteiger partial charge in [-0.05, 0) is 17.7 Å². The molecule has 0 aliphatic carbocycles. The predicted molar refractivity (Wildman–Crippen MR) is 122 cm³/mol. The molecule has 1 aromatic rings. The van der Waals surface area contributed by atoms with Gasteiger partial charge in [-0.15, -0.1) is 0 Å². The van der Waals surface area contributed by atoms with E-state index in [-0.39, 0.29) is 11.5 Å². The Morgan fingerprint density at radius 1 is 0.919 bits per heavy atom. The first-order valence-electron chi connectivity index (χ1n) is 10.9. The predicted octanol–water partition coefficient (Wildman–Crippen LogP) is 1.40. The molecule has 0 spiro atoms. The molecule has 14 nitrogen and oxygen atoms in total. The molecule has 0 radical (unpaired) electrons. The summed E-state index contributed by atoms with van der Waals surface area (Å²) in [6.07, 6.45) is -4.84. The Morgan fingerprint density at radius 2 is 1.51 bits per heavy atom. The Balaban J connectivity index is 2.50. The maximum Gasteiger partial charge on any atom is 0.303 e. The van der Waals surface area contributed by atoms with Gasteiger partial charge in [0.05, 0.1) is 12.0 Å². The first-order valence-corrected chi connectivity index (χ1v) is 10.9. The van der Waals surface area contributed by atoms with Gasteiger partial charge in [-0.3, -0.25) is 29.3 Å². The van der Waals surface area contributed by atoms with Crippen molar-refractivity contribution in [2.75, 3.05) is 13.7 Å². The van der Waals surface area contributed by atoms with E-state index in [1.54, 1.807) is 0 Å². The number of carbonyl (C=O) groups excluding carboxylic acids is 4. The Bertz CT molecular complexity index is 1050. The molecule has 0 N–H and O–H groups in total. The monoisotopic (exact) mass is 525 g/mol. The minimum absolute atomic E-state index is 0.0710. The van der Waals surface area contributed by atoms with E-state index in [1.807, 2.05) is 0 Å². The molecule has 0 amide bonds. The molecule has 0 aromatic heterocycles. The second-order valence-corrected chi connectivity index (χ2v) is 7.70. The summed E-state index contributed by atoms with van der Waals surface area (Å²) in [5, 5.41) is 10.6. The number of ether oxygens (including phenoxy) is 7. The van der Waals surface area contributed by atoms with Crippen LogP contribution in [0.1, 0.15) is 33.3 Å². The van der Waals surface area contributed by atoms with Gasteiger partial charge in [0.25, 0.3) is 0 Å². The zero-order chi connectivity index (χ0) is 27.7. The largest absolute Gasteiger partial charge is 0.493 e. The van der Waals surface area contributed by atoms with Gasteiger partial charge in [0.15, 0.2) is 23.7 Å². The van der Waals surface area contributed by atoms with Crippen LogP contribution in [-0.2, 0) is 42.9 Å². The highest BCUT2D eigenvalue weighted by molar-refractivity contribution is 5.68. The summed E-state index contributed by atoms with van der Waals surface area (Å²) < 4.78 is 38.1. The number of carbonyl (C=O) groups is 4. The number of hydrogen-bond acceptors (Lipinski definition) is 13. The molecule has 0 unspecified atom stereocenters. The normalized spacial score (nSPS) is 23.0. The molecule has 1 saturated heterocycles. The Hall–Kier alpha value is -4.20. The zero-order valence-electron chi connectivity index (χ0n) is 20.7. The van der Waals surface area contributed by atoms with Gasteiger partial charge in [-0.1, -0.05) is 6.07 Å². The van der Waals surface area contributed by atoms with Gasteiger partial charge in [0.2, 0.25) is 18.6 Å². The van der Waals surface area contributed by atoms with Crippen LogP contribution >= 0.6 is 0 Å². The number of hydrogen-bond donors (Lipinski definition) is 0. The fourth-order valence-corrected chi connectivity index (χ4v) is 3.44. The third-order valence-corrected chi connectivity index (χ3v) is 4.77. The fraction of sp³-hybridized carbons (Fsp3) is 0.478. The van der Waals surface area contributed by atoms with E-state index in [0.29, 0.717) is 5.56 Å². The molecular weight excluding hydrogens is 498 g/mol. The van der Waals surface area contributed by atoms with E-state index >= 15 is 0 Å². The topological polar surface area (TPSA) is 176 Å². The van der Waals surface area contributed by atoms with Crippen LogP contribution in [0.25, 0.3) is 6.08 Å². The van der Waals surface area contributed by atoms with E-state index in [0.717, 1.165) is 33.9 Å². The SMILES string of the molecule is COc1cc(C=C[N+](=O)[O-])ccc1O[C@@H]1O[C@H](COC(C)=O)[C@H](OC(C)=O)[C@H](OC(C)=O)[C@H]1OC(C)=O. The molecule has 0 bridgehead atoms. The van der Waals surface area contributed by atoms with Crippen molar-refractivity contribution in [3.63, 3.8) is 0 Å². The van der Waals surface area contributed by atoms with Crippen LogP contribution in [0.5, 0.6) is 11.5 Å². The standard InChI is InChI=1S/C23H27NO13/c1-12(25)32-11-19-20(33-13(2)26)21(34-14(3)27)22(35-15(4)28)23(37-19)36-17-7-6-16(8-9-24(29)30)10-18(17)31-5/h6-10,19-23H,11H2,1-5H3/t19-,20+,21+,22-,23-/m1/s1. The van der Waals surface area contributed by atoms with Crippen LogP contribution in [0.3, 0.4) is 0 Å². The van der Waals surface area contributed by atoms with Gasteiger partial charge in [0, 0.05) is 33.8 Å². The van der Waals surface area contributed by atoms with Crippen molar-refractivity contribution >= 4 is 30.0 Å². The smallest absolute Gasteiger partial charge is 0.303 e. The summed E-state index contributed by atoms with van der Waals surface area (Å²) >= 11 is 0. The number of esters is 4. The average Bonchev–Trinajstić information content (AvgIpc) is 2.79. The van der Waals surface area contributed by atoms with E-state index in [2.05, 4.69) is 0 Å². The fourth-order valence-electron chi connectivity index (χ4n) is 3.44. The quantitative estimate of drug-likeness (QED) is 0.186. The molecule has 14 heteroatoms. The van der Waals surface area contributed by atoms with Crippen LogP contribution in [0.15, 0.2) is 24.4 Å². The minimum Gasteiger partial charge on any atom is -0.493 e. The molecule has 0 saturated carbocycles. The highest BCUT2D eigenvalue weighted by atomic mass is 16.7. The van der Waals surface area contributed by atoms with Crippen LogP contribution in [-0.4, -0.2) is 73.2 Å². The Morgan fingerprint density at radius 3 is 2.05 bits per heavy atom. The Labute approximate surface area is 211 Å². The van der Waals surface area contributed by atoms with Crippen molar-refractivity contribution in [1.29, 1.82) is 0 Å². The number of rotatable bonds is 10. The molecule has 1 fully saturated rings. The van der Waals surface area contributed by atoms with Crippen molar-refractivity contribution in [2.24, 2.45) is 0 Å². The summed E-state index contributed by atoms with van der Waals surface area (Å²) in [5.41, 5.74) is 0.419.